The van der Waals surface area contributed by atoms with Gasteiger partial charge in [0, 0.05) is 83.4 Å². The predicted octanol–water partition coefficient (Wildman–Crippen LogP) is 15.8. The Morgan fingerprint density at radius 3 is 2.04 bits per heavy atom. The van der Waals surface area contributed by atoms with Crippen LogP contribution in [0.1, 0.15) is 44.4 Å². The fourth-order valence-corrected chi connectivity index (χ4v) is 10.4. The fourth-order valence-electron chi connectivity index (χ4n) is 10.4. The van der Waals surface area contributed by atoms with Gasteiger partial charge in [-0.15, -0.1) is 48.1 Å². The van der Waals surface area contributed by atoms with Gasteiger partial charge in [0.2, 0.25) is 0 Å². The quantitative estimate of drug-likeness (QED) is 0.135. The van der Waals surface area contributed by atoms with Crippen LogP contribution in [0.25, 0.3) is 61.0 Å². The van der Waals surface area contributed by atoms with Crippen LogP contribution >= 0.6 is 0 Å². The first kappa shape index (κ1) is 42.4. The minimum atomic E-state index is -0.150. The van der Waals surface area contributed by atoms with E-state index in [1.165, 1.54) is 44.5 Å². The molecule has 0 N–H and O–H groups in total. The van der Waals surface area contributed by atoms with E-state index in [1.54, 1.807) is 0 Å². The van der Waals surface area contributed by atoms with Gasteiger partial charge in [-0.05, 0) is 75.4 Å². The van der Waals surface area contributed by atoms with Crippen molar-refractivity contribution in [2.75, 3.05) is 9.80 Å². The summed E-state index contributed by atoms with van der Waals surface area (Å²) in [6, 6.07) is 71.8. The van der Waals surface area contributed by atoms with Gasteiger partial charge in [0.25, 0.3) is 0 Å². The van der Waals surface area contributed by atoms with Crippen LogP contribution in [0.5, 0.6) is 11.5 Å². The van der Waals surface area contributed by atoms with Crippen molar-refractivity contribution in [2.24, 2.45) is 5.92 Å². The van der Waals surface area contributed by atoms with E-state index in [2.05, 4.69) is 225 Å². The van der Waals surface area contributed by atoms with Crippen LogP contribution in [-0.4, -0.2) is 9.55 Å². The van der Waals surface area contributed by atoms with E-state index in [-0.39, 0.29) is 26.5 Å². The number of benzene rings is 8. The fraction of sp³-hybridized carbons (Fsp3) is 0.115. The Kier molecular flexibility index (Phi) is 10.7. The van der Waals surface area contributed by atoms with Crippen molar-refractivity contribution >= 4 is 44.6 Å². The smallest absolute Gasteiger partial charge is 0.135 e. The van der Waals surface area contributed by atoms with Gasteiger partial charge in [-0.2, -0.15) is 12.1 Å². The second kappa shape index (κ2) is 16.9. The van der Waals surface area contributed by atoms with E-state index in [1.807, 2.05) is 24.4 Å². The van der Waals surface area contributed by atoms with Crippen molar-refractivity contribution in [3.8, 4) is 50.7 Å². The molecule has 1 aliphatic heterocycles. The number of anilines is 4. The van der Waals surface area contributed by atoms with Crippen molar-refractivity contribution in [2.45, 2.75) is 39.5 Å². The van der Waals surface area contributed by atoms with E-state index in [0.29, 0.717) is 17.4 Å². The summed E-state index contributed by atoms with van der Waals surface area (Å²) in [6.45, 7) is 11.4. The Morgan fingerprint density at radius 2 is 1.27 bits per heavy atom. The van der Waals surface area contributed by atoms with Crippen LogP contribution in [0.15, 0.2) is 188 Å². The number of rotatable bonds is 9. The molecule has 67 heavy (non-hydrogen) atoms. The zero-order valence-electron chi connectivity index (χ0n) is 37.8. The topological polar surface area (TPSA) is 33.5 Å². The maximum absolute atomic E-state index is 6.73. The van der Waals surface area contributed by atoms with Gasteiger partial charge in [-0.3, -0.25) is 0 Å². The molecule has 0 saturated carbocycles. The van der Waals surface area contributed by atoms with Crippen molar-refractivity contribution in [3.05, 3.63) is 224 Å². The Labute approximate surface area is 407 Å². The molecular weight excluding hydrogens is 1000 g/mol. The molecule has 2 aliphatic rings. The summed E-state index contributed by atoms with van der Waals surface area (Å²) < 4.78 is 8.95. The molecule has 10 aromatic rings. The molecule has 6 heteroatoms. The van der Waals surface area contributed by atoms with Gasteiger partial charge in [0.05, 0.1) is 0 Å². The number of nitrogens with zero attached hydrogens (tertiary/aromatic N) is 4. The minimum absolute atomic E-state index is 0. The standard InChI is InChI=1S/C61H47N4O.Pt/c1-40(2)34-43-35-58(62-38-51(43)42-20-9-6-10-21-42)65-54-27-14-12-24-48(54)49-31-30-46(37-57(49)65)66-45-23-17-22-44(36-45)63-39-64(56-29-16-15-28-55(56)63)60-47(41-18-7-5-8-19-41)32-33-53-59(60)50-25-11-13-26-52(50)61(53,3)4;/h5-33,35,38-40H,34H2,1-4H3;/q-3;. The summed E-state index contributed by atoms with van der Waals surface area (Å²) in [5, 5.41) is 2.23. The molecule has 0 amide bonds. The second-order valence-electron chi connectivity index (χ2n) is 18.4. The van der Waals surface area contributed by atoms with Crippen LogP contribution < -0.4 is 14.5 Å². The third-order valence-corrected chi connectivity index (χ3v) is 13.4. The maximum atomic E-state index is 6.73. The third kappa shape index (κ3) is 7.16. The minimum Gasteiger partial charge on any atom is -0.509 e. The number of ether oxygens (including phenoxy) is 1. The molecule has 5 nitrogen and oxygen atoms in total. The molecule has 0 bridgehead atoms. The molecule has 0 radical (unpaired) electrons. The molecule has 3 heterocycles. The average molecular weight is 1050 g/mol. The van der Waals surface area contributed by atoms with Gasteiger partial charge < -0.3 is 19.1 Å². The first-order valence-electron chi connectivity index (χ1n) is 22.9. The largest absolute Gasteiger partial charge is 0.509 e. The Morgan fingerprint density at radius 1 is 0.597 bits per heavy atom. The monoisotopic (exact) mass is 1050 g/mol. The zero-order valence-corrected chi connectivity index (χ0v) is 40.0. The van der Waals surface area contributed by atoms with E-state index >= 15 is 0 Å². The Bertz CT molecular complexity index is 3490. The van der Waals surface area contributed by atoms with Crippen molar-refractivity contribution < 1.29 is 25.8 Å². The van der Waals surface area contributed by atoms with Gasteiger partial charge in [-0.25, -0.2) is 4.98 Å². The number of aromatic nitrogens is 2. The normalized spacial score (nSPS) is 13.4. The predicted molar refractivity (Wildman–Crippen MR) is 271 cm³/mol. The molecule has 1 aliphatic carbocycles. The van der Waals surface area contributed by atoms with Crippen LogP contribution in [0.3, 0.4) is 0 Å². The molecule has 0 unspecified atom stereocenters. The molecule has 0 spiro atoms. The van der Waals surface area contributed by atoms with Gasteiger partial charge in [0.1, 0.15) is 5.82 Å². The van der Waals surface area contributed by atoms with Crippen LogP contribution in [-0.2, 0) is 32.9 Å². The number of hydrogen-bond donors (Lipinski definition) is 0. The molecule has 2 aromatic heterocycles. The molecule has 0 saturated heterocycles. The Hall–Kier alpha value is -7.20. The number of hydrogen-bond acceptors (Lipinski definition) is 4. The number of para-hydroxylation sites is 3. The first-order valence-corrected chi connectivity index (χ1v) is 22.9. The maximum Gasteiger partial charge on any atom is 0.135 e. The first-order chi connectivity index (χ1) is 32.3. The molecular formula is C61H47N4OPt-3. The van der Waals surface area contributed by atoms with E-state index < -0.39 is 0 Å². The molecule has 12 rings (SSSR count). The van der Waals surface area contributed by atoms with Crippen molar-refractivity contribution in [3.63, 3.8) is 0 Å². The Balaban J connectivity index is 0.00000494. The molecule has 8 aromatic carbocycles. The van der Waals surface area contributed by atoms with E-state index in [9.17, 15) is 0 Å². The van der Waals surface area contributed by atoms with E-state index in [0.717, 1.165) is 62.4 Å². The summed E-state index contributed by atoms with van der Waals surface area (Å²) in [4.78, 5) is 9.73. The third-order valence-electron chi connectivity index (χ3n) is 13.4. The summed E-state index contributed by atoms with van der Waals surface area (Å²) >= 11 is 0. The van der Waals surface area contributed by atoms with Crippen LogP contribution in [0, 0.1) is 24.7 Å². The van der Waals surface area contributed by atoms with Crippen molar-refractivity contribution in [1.29, 1.82) is 0 Å². The molecule has 0 atom stereocenters. The summed E-state index contributed by atoms with van der Waals surface area (Å²) in [7, 11) is 0. The second-order valence-corrected chi connectivity index (χ2v) is 18.4. The van der Waals surface area contributed by atoms with E-state index in [4.69, 9.17) is 9.72 Å². The van der Waals surface area contributed by atoms with Crippen molar-refractivity contribution in [1.82, 2.24) is 9.55 Å². The summed E-state index contributed by atoms with van der Waals surface area (Å²) in [6.07, 6.45) is 2.97. The van der Waals surface area contributed by atoms with Crippen LogP contribution in [0.4, 0.5) is 22.7 Å². The van der Waals surface area contributed by atoms with Gasteiger partial charge in [-0.1, -0.05) is 161 Å². The summed E-state index contributed by atoms with van der Waals surface area (Å²) in [5.41, 5.74) is 17.2. The van der Waals surface area contributed by atoms with Gasteiger partial charge in [0.15, 0.2) is 0 Å². The molecule has 0 fully saturated rings. The number of fused-ring (bicyclic) bond motifs is 7. The number of pyridine rings is 1. The average Bonchev–Trinajstić information content (AvgIpc) is 3.97. The molecule has 330 valence electrons. The summed E-state index contributed by atoms with van der Waals surface area (Å²) in [5.74, 6) is 2.54. The SMILES string of the molecule is CC(C)Cc1cc(-n2c3[c-]c(Oc4[c-]c(N5[CH-]N(c6c(-c7ccccc7)ccc7c6-c6ccccc6C7(C)C)c6ccccc65)ccc4)ccc3c3ccccc32)ncc1-c1ccccc1.[Pt]. The zero-order chi connectivity index (χ0) is 44.5. The van der Waals surface area contributed by atoms with Crippen LogP contribution in [0.2, 0.25) is 0 Å². The van der Waals surface area contributed by atoms with Gasteiger partial charge >= 0.3 is 0 Å².